The van der Waals surface area contributed by atoms with Crippen molar-refractivity contribution in [2.45, 2.75) is 12.8 Å². The van der Waals surface area contributed by atoms with Crippen molar-refractivity contribution in [1.29, 1.82) is 0 Å². The Morgan fingerprint density at radius 1 is 1.08 bits per heavy atom. The molecule has 0 unspecified atom stereocenters. The monoisotopic (exact) mass is 372 g/mol. The molecule has 0 bridgehead atoms. The Morgan fingerprint density at radius 3 is 2.42 bits per heavy atom. The third-order valence-corrected chi connectivity index (χ3v) is 4.45. The lowest BCUT2D eigenvalue weighted by molar-refractivity contribution is -0.111. The molecular formula is C20H18ClFN2O2. The van der Waals surface area contributed by atoms with Crippen LogP contribution in [-0.4, -0.2) is 29.8 Å². The molecule has 0 radical (unpaired) electrons. The maximum Gasteiger partial charge on any atom is 0.253 e. The molecule has 1 aliphatic heterocycles. The van der Waals surface area contributed by atoms with Crippen LogP contribution in [0.2, 0.25) is 5.02 Å². The summed E-state index contributed by atoms with van der Waals surface area (Å²) in [6, 6.07) is 11.0. The summed E-state index contributed by atoms with van der Waals surface area (Å²) >= 11 is 5.71. The minimum Gasteiger partial charge on any atom is -0.339 e. The summed E-state index contributed by atoms with van der Waals surface area (Å²) in [7, 11) is 0. The largest absolute Gasteiger partial charge is 0.339 e. The van der Waals surface area contributed by atoms with E-state index in [4.69, 9.17) is 11.6 Å². The topological polar surface area (TPSA) is 49.4 Å². The molecule has 1 heterocycles. The van der Waals surface area contributed by atoms with Gasteiger partial charge in [-0.05, 0) is 60.9 Å². The van der Waals surface area contributed by atoms with Crippen LogP contribution in [-0.2, 0) is 4.79 Å². The summed E-state index contributed by atoms with van der Waals surface area (Å²) < 4.78 is 13.1. The summed E-state index contributed by atoms with van der Waals surface area (Å²) in [5.74, 6) is -0.811. The van der Waals surface area contributed by atoms with E-state index in [0.717, 1.165) is 25.9 Å². The number of hydrogen-bond acceptors (Lipinski definition) is 2. The first-order valence-electron chi connectivity index (χ1n) is 8.36. The molecule has 2 aromatic rings. The predicted octanol–water partition coefficient (Wildman–Crippen LogP) is 4.37. The van der Waals surface area contributed by atoms with Crippen molar-refractivity contribution in [3.05, 3.63) is 70.5 Å². The molecule has 134 valence electrons. The van der Waals surface area contributed by atoms with Crippen LogP contribution >= 0.6 is 11.6 Å². The van der Waals surface area contributed by atoms with Gasteiger partial charge >= 0.3 is 0 Å². The van der Waals surface area contributed by atoms with E-state index in [1.54, 1.807) is 30.3 Å². The van der Waals surface area contributed by atoms with E-state index in [-0.39, 0.29) is 16.8 Å². The molecule has 2 amide bonds. The molecule has 4 nitrogen and oxygen atoms in total. The zero-order valence-electron chi connectivity index (χ0n) is 14.0. The van der Waals surface area contributed by atoms with Crippen molar-refractivity contribution in [3.63, 3.8) is 0 Å². The van der Waals surface area contributed by atoms with Crippen LogP contribution in [0.4, 0.5) is 10.1 Å². The Hall–Kier alpha value is -2.66. The lowest BCUT2D eigenvalue weighted by atomic mass is 10.1. The lowest BCUT2D eigenvalue weighted by Gasteiger charge is -2.15. The molecule has 0 saturated carbocycles. The molecule has 26 heavy (non-hydrogen) atoms. The van der Waals surface area contributed by atoms with Gasteiger partial charge < -0.3 is 10.2 Å². The van der Waals surface area contributed by atoms with Crippen molar-refractivity contribution in [1.82, 2.24) is 4.90 Å². The fourth-order valence-corrected chi connectivity index (χ4v) is 2.96. The van der Waals surface area contributed by atoms with E-state index < -0.39 is 5.82 Å². The predicted molar refractivity (Wildman–Crippen MR) is 101 cm³/mol. The van der Waals surface area contributed by atoms with Crippen molar-refractivity contribution >= 4 is 35.2 Å². The van der Waals surface area contributed by atoms with Crippen LogP contribution in [0.1, 0.15) is 28.8 Å². The molecule has 6 heteroatoms. The second-order valence-corrected chi connectivity index (χ2v) is 6.48. The van der Waals surface area contributed by atoms with Gasteiger partial charge in [0.25, 0.3) is 5.91 Å². The Balaban J connectivity index is 1.59. The first kappa shape index (κ1) is 18.1. The number of carbonyl (C=O) groups excluding carboxylic acids is 2. The van der Waals surface area contributed by atoms with E-state index in [1.807, 2.05) is 4.90 Å². The van der Waals surface area contributed by atoms with Crippen LogP contribution in [0.3, 0.4) is 0 Å². The second kappa shape index (κ2) is 8.15. The zero-order chi connectivity index (χ0) is 18.5. The van der Waals surface area contributed by atoms with Crippen molar-refractivity contribution in [2.24, 2.45) is 0 Å². The molecule has 2 aromatic carbocycles. The summed E-state index contributed by atoms with van der Waals surface area (Å²) in [5, 5.41) is 2.72. The maximum absolute atomic E-state index is 13.1. The summed E-state index contributed by atoms with van der Waals surface area (Å²) in [6.45, 7) is 1.60. The van der Waals surface area contributed by atoms with Crippen LogP contribution in [0.5, 0.6) is 0 Å². The number of rotatable bonds is 4. The number of amides is 2. The fraction of sp³-hybridized carbons (Fsp3) is 0.200. The molecule has 3 rings (SSSR count). The third-order valence-electron chi connectivity index (χ3n) is 4.16. The number of nitrogens with one attached hydrogen (secondary N) is 1. The van der Waals surface area contributed by atoms with Crippen LogP contribution in [0.25, 0.3) is 6.08 Å². The zero-order valence-corrected chi connectivity index (χ0v) is 14.8. The van der Waals surface area contributed by atoms with E-state index in [1.165, 1.54) is 24.3 Å². The smallest absolute Gasteiger partial charge is 0.253 e. The Morgan fingerprint density at radius 2 is 1.77 bits per heavy atom. The fourth-order valence-electron chi connectivity index (χ4n) is 2.77. The van der Waals surface area contributed by atoms with Gasteiger partial charge in [-0.15, -0.1) is 0 Å². The number of carbonyl (C=O) groups is 2. The van der Waals surface area contributed by atoms with Gasteiger partial charge in [-0.25, -0.2) is 4.39 Å². The van der Waals surface area contributed by atoms with Crippen LogP contribution < -0.4 is 5.32 Å². The highest BCUT2D eigenvalue weighted by atomic mass is 35.5. The van der Waals surface area contributed by atoms with Gasteiger partial charge in [-0.3, -0.25) is 9.59 Å². The van der Waals surface area contributed by atoms with Gasteiger partial charge in [-0.1, -0.05) is 17.7 Å². The highest BCUT2D eigenvalue weighted by molar-refractivity contribution is 6.30. The molecular weight excluding hydrogens is 355 g/mol. The van der Waals surface area contributed by atoms with Crippen LogP contribution in [0.15, 0.2) is 48.5 Å². The van der Waals surface area contributed by atoms with Crippen molar-refractivity contribution in [3.8, 4) is 0 Å². The third kappa shape index (κ3) is 4.49. The Kier molecular flexibility index (Phi) is 5.68. The summed E-state index contributed by atoms with van der Waals surface area (Å²) in [4.78, 5) is 26.1. The quantitative estimate of drug-likeness (QED) is 0.810. The first-order chi connectivity index (χ1) is 12.5. The van der Waals surface area contributed by atoms with Crippen LogP contribution in [0, 0.1) is 5.82 Å². The Bertz CT molecular complexity index is 843. The minimum absolute atomic E-state index is 0.00539. The number of halogens is 2. The number of anilines is 1. The summed E-state index contributed by atoms with van der Waals surface area (Å²) in [6.07, 6.45) is 4.98. The van der Waals surface area contributed by atoms with E-state index in [2.05, 4.69) is 5.32 Å². The molecule has 1 saturated heterocycles. The number of hydrogen-bond donors (Lipinski definition) is 1. The molecule has 1 fully saturated rings. The van der Waals surface area contributed by atoms with E-state index in [0.29, 0.717) is 16.8 Å². The molecule has 1 aliphatic rings. The van der Waals surface area contributed by atoms with E-state index in [9.17, 15) is 14.0 Å². The van der Waals surface area contributed by atoms with Gasteiger partial charge in [0.15, 0.2) is 0 Å². The van der Waals surface area contributed by atoms with Gasteiger partial charge in [0, 0.05) is 30.4 Å². The van der Waals surface area contributed by atoms with Gasteiger partial charge in [0.2, 0.25) is 5.91 Å². The number of benzene rings is 2. The van der Waals surface area contributed by atoms with Crippen molar-refractivity contribution in [2.75, 3.05) is 18.4 Å². The van der Waals surface area contributed by atoms with Crippen molar-refractivity contribution < 1.29 is 14.0 Å². The molecule has 0 aliphatic carbocycles. The highest BCUT2D eigenvalue weighted by Crippen LogP contribution is 2.18. The molecule has 0 atom stereocenters. The second-order valence-electron chi connectivity index (χ2n) is 6.07. The first-order valence-corrected chi connectivity index (χ1v) is 8.74. The highest BCUT2D eigenvalue weighted by Gasteiger charge is 2.19. The lowest BCUT2D eigenvalue weighted by Crippen LogP contribution is -2.27. The molecule has 0 aromatic heterocycles. The standard InChI is InChI=1S/C20H18ClFN2O2/c21-17-13-14(3-9-18(17)22)4-10-19(25)23-16-7-5-15(6-8-16)20(26)24-11-1-2-12-24/h3-10,13H,1-2,11-12H2,(H,23,25)/b10-4+. The maximum atomic E-state index is 13.1. The number of likely N-dealkylation sites (tertiary alicyclic amines) is 1. The SMILES string of the molecule is O=C(/C=C/c1ccc(F)c(Cl)c1)Nc1ccc(C(=O)N2CCCC2)cc1. The molecule has 0 spiro atoms. The average molecular weight is 373 g/mol. The van der Waals surface area contributed by atoms with Gasteiger partial charge in [-0.2, -0.15) is 0 Å². The average Bonchev–Trinajstić information content (AvgIpc) is 3.17. The molecule has 1 N–H and O–H groups in total. The Labute approximate surface area is 156 Å². The number of nitrogens with zero attached hydrogens (tertiary/aromatic N) is 1. The van der Waals surface area contributed by atoms with E-state index >= 15 is 0 Å². The normalized spacial score (nSPS) is 14.0. The minimum atomic E-state index is -0.503. The summed E-state index contributed by atoms with van der Waals surface area (Å²) in [5.41, 5.74) is 1.83. The van der Waals surface area contributed by atoms with Gasteiger partial charge in [0.05, 0.1) is 5.02 Å². The van der Waals surface area contributed by atoms with Gasteiger partial charge in [0.1, 0.15) is 5.82 Å².